The first-order chi connectivity index (χ1) is 7.36. The molecule has 2 rings (SSSR count). The third-order valence-electron chi connectivity index (χ3n) is 4.02. The maximum Gasteiger partial charge on any atom is 0.123 e. The quantitative estimate of drug-likeness (QED) is 0.509. The molecule has 4 atom stereocenters. The number of fused-ring (bicyclic) bond motifs is 1. The Balaban J connectivity index is 2.11. The summed E-state index contributed by atoms with van der Waals surface area (Å²) >= 11 is 0. The Morgan fingerprint density at radius 1 is 1.33 bits per heavy atom. The second-order valence-corrected chi connectivity index (χ2v) is 4.83. The van der Waals surface area contributed by atoms with Crippen LogP contribution in [0.1, 0.15) is 32.6 Å². The molecule has 15 heavy (non-hydrogen) atoms. The minimum atomic E-state index is 0.277. The van der Waals surface area contributed by atoms with Crippen molar-refractivity contribution in [1.82, 2.24) is 0 Å². The van der Waals surface area contributed by atoms with Gasteiger partial charge in [0.1, 0.15) is 6.29 Å². The highest BCUT2D eigenvalue weighted by Crippen LogP contribution is 2.44. The van der Waals surface area contributed by atoms with Crippen LogP contribution < -0.4 is 0 Å². The molecule has 1 saturated carbocycles. The summed E-state index contributed by atoms with van der Waals surface area (Å²) < 4.78 is 0. The van der Waals surface area contributed by atoms with Crippen molar-refractivity contribution in [3.8, 4) is 0 Å². The predicted octanol–water partition coefficient (Wildman–Crippen LogP) is 3.37. The minimum Gasteiger partial charge on any atom is -0.303 e. The Hall–Kier alpha value is -0.850. The Morgan fingerprint density at radius 2 is 2.20 bits per heavy atom. The lowest BCUT2D eigenvalue weighted by Crippen LogP contribution is -2.29. The van der Waals surface area contributed by atoms with Gasteiger partial charge in [-0.15, -0.1) is 0 Å². The third-order valence-corrected chi connectivity index (χ3v) is 4.02. The number of allylic oxidation sites excluding steroid dienone is 4. The third kappa shape index (κ3) is 2.06. The average Bonchev–Trinajstić information content (AvgIpc) is 2.73. The van der Waals surface area contributed by atoms with Gasteiger partial charge in [-0.25, -0.2) is 0 Å². The van der Waals surface area contributed by atoms with E-state index >= 15 is 0 Å². The predicted molar refractivity (Wildman–Crippen MR) is 62.4 cm³/mol. The summed E-state index contributed by atoms with van der Waals surface area (Å²) in [6, 6.07) is 0. The van der Waals surface area contributed by atoms with E-state index in [1.165, 1.54) is 25.5 Å². The van der Waals surface area contributed by atoms with E-state index < -0.39 is 0 Å². The molecule has 2 aliphatic carbocycles. The van der Waals surface area contributed by atoms with Crippen LogP contribution in [0, 0.1) is 23.7 Å². The maximum atomic E-state index is 11.2. The molecular formula is C14H20O. The molecule has 0 heterocycles. The fourth-order valence-corrected chi connectivity index (χ4v) is 3.20. The monoisotopic (exact) mass is 204 g/mol. The number of carbonyl (C=O) groups excluding carboxylic acids is 1. The van der Waals surface area contributed by atoms with Crippen molar-refractivity contribution in [2.75, 3.05) is 0 Å². The summed E-state index contributed by atoms with van der Waals surface area (Å²) in [7, 11) is 0. The van der Waals surface area contributed by atoms with Crippen molar-refractivity contribution < 1.29 is 4.79 Å². The normalized spacial score (nSPS) is 39.5. The van der Waals surface area contributed by atoms with Crippen molar-refractivity contribution in [2.24, 2.45) is 23.7 Å². The molecule has 82 valence electrons. The van der Waals surface area contributed by atoms with Crippen LogP contribution in [-0.2, 0) is 4.79 Å². The van der Waals surface area contributed by atoms with Gasteiger partial charge in [0.05, 0.1) is 0 Å². The molecule has 0 saturated heterocycles. The molecule has 1 nitrogen and oxygen atoms in total. The van der Waals surface area contributed by atoms with E-state index in [-0.39, 0.29) is 5.92 Å². The van der Waals surface area contributed by atoms with Crippen LogP contribution in [0.4, 0.5) is 0 Å². The molecule has 2 aliphatic rings. The van der Waals surface area contributed by atoms with Crippen LogP contribution in [0.3, 0.4) is 0 Å². The van der Waals surface area contributed by atoms with Crippen molar-refractivity contribution >= 4 is 6.29 Å². The fourth-order valence-electron chi connectivity index (χ4n) is 3.20. The van der Waals surface area contributed by atoms with E-state index in [1.54, 1.807) is 0 Å². The zero-order valence-corrected chi connectivity index (χ0v) is 9.43. The first-order valence-corrected chi connectivity index (χ1v) is 6.11. The molecule has 0 N–H and O–H groups in total. The number of aldehydes is 1. The first-order valence-electron chi connectivity index (χ1n) is 6.11. The average molecular weight is 204 g/mol. The molecule has 1 heteroatoms. The molecule has 0 aliphatic heterocycles. The number of carbonyl (C=O) groups is 1. The smallest absolute Gasteiger partial charge is 0.123 e. The Morgan fingerprint density at radius 3 is 2.93 bits per heavy atom. The van der Waals surface area contributed by atoms with E-state index in [2.05, 4.69) is 24.3 Å². The molecule has 1 fully saturated rings. The fraction of sp³-hybridized carbons (Fsp3) is 0.643. The number of hydrogen-bond acceptors (Lipinski definition) is 1. The standard InChI is InChI=1S/C14H20O/c1-2-3-5-12-9-8-11-6-4-7-13(11)14(12)10-15/h2-3,8-14H,4-7H2,1H3/b3-2+/t11-,12+,13+,14+/m1/s1. The van der Waals surface area contributed by atoms with E-state index in [0.717, 1.165) is 6.42 Å². The van der Waals surface area contributed by atoms with Gasteiger partial charge in [-0.05, 0) is 43.9 Å². The maximum absolute atomic E-state index is 11.2. The second-order valence-electron chi connectivity index (χ2n) is 4.83. The van der Waals surface area contributed by atoms with Gasteiger partial charge in [0.2, 0.25) is 0 Å². The molecule has 0 bridgehead atoms. The largest absolute Gasteiger partial charge is 0.303 e. The highest BCUT2D eigenvalue weighted by Gasteiger charge is 2.38. The summed E-state index contributed by atoms with van der Waals surface area (Å²) in [6.45, 7) is 2.04. The van der Waals surface area contributed by atoms with Gasteiger partial charge in [-0.3, -0.25) is 0 Å². The topological polar surface area (TPSA) is 17.1 Å². The van der Waals surface area contributed by atoms with Gasteiger partial charge in [-0.1, -0.05) is 30.7 Å². The lowest BCUT2D eigenvalue weighted by molar-refractivity contribution is -0.114. The molecule has 0 amide bonds. The van der Waals surface area contributed by atoms with Crippen molar-refractivity contribution in [3.05, 3.63) is 24.3 Å². The Labute approximate surface area is 92.3 Å². The Bertz CT molecular complexity index is 277. The number of hydrogen-bond donors (Lipinski definition) is 0. The highest BCUT2D eigenvalue weighted by atomic mass is 16.1. The lowest BCUT2D eigenvalue weighted by atomic mass is 9.71. The van der Waals surface area contributed by atoms with Crippen LogP contribution in [0.15, 0.2) is 24.3 Å². The van der Waals surface area contributed by atoms with Crippen LogP contribution in [-0.4, -0.2) is 6.29 Å². The molecule has 0 spiro atoms. The van der Waals surface area contributed by atoms with Gasteiger partial charge >= 0.3 is 0 Å². The Kier molecular flexibility index (Phi) is 3.40. The zero-order chi connectivity index (χ0) is 10.7. The molecule has 0 unspecified atom stereocenters. The van der Waals surface area contributed by atoms with Gasteiger partial charge in [0.25, 0.3) is 0 Å². The van der Waals surface area contributed by atoms with Gasteiger partial charge in [-0.2, -0.15) is 0 Å². The molecule has 0 radical (unpaired) electrons. The van der Waals surface area contributed by atoms with Crippen LogP contribution in [0.2, 0.25) is 0 Å². The van der Waals surface area contributed by atoms with Crippen molar-refractivity contribution in [2.45, 2.75) is 32.6 Å². The summed E-state index contributed by atoms with van der Waals surface area (Å²) in [4.78, 5) is 11.2. The lowest BCUT2D eigenvalue weighted by Gasteiger charge is -2.32. The molecular weight excluding hydrogens is 184 g/mol. The van der Waals surface area contributed by atoms with Gasteiger partial charge < -0.3 is 4.79 Å². The summed E-state index contributed by atoms with van der Waals surface area (Å²) in [6.07, 6.45) is 15.0. The summed E-state index contributed by atoms with van der Waals surface area (Å²) in [5, 5.41) is 0. The summed E-state index contributed by atoms with van der Waals surface area (Å²) in [5.41, 5.74) is 0. The first kappa shape index (κ1) is 10.7. The molecule has 0 aromatic heterocycles. The van der Waals surface area contributed by atoms with E-state index in [4.69, 9.17) is 0 Å². The summed E-state index contributed by atoms with van der Waals surface area (Å²) in [5.74, 6) is 2.07. The minimum absolute atomic E-state index is 0.277. The van der Waals surface area contributed by atoms with E-state index in [1.807, 2.05) is 6.92 Å². The van der Waals surface area contributed by atoms with Gasteiger partial charge in [0.15, 0.2) is 0 Å². The zero-order valence-electron chi connectivity index (χ0n) is 9.43. The van der Waals surface area contributed by atoms with Crippen LogP contribution >= 0.6 is 0 Å². The number of rotatable bonds is 3. The van der Waals surface area contributed by atoms with Gasteiger partial charge in [0, 0.05) is 5.92 Å². The SMILES string of the molecule is C/C=C/C[C@H]1C=C[C@H]2CCC[C@@H]2[C@H]1C=O. The van der Waals surface area contributed by atoms with E-state index in [0.29, 0.717) is 17.8 Å². The van der Waals surface area contributed by atoms with Crippen LogP contribution in [0.5, 0.6) is 0 Å². The van der Waals surface area contributed by atoms with Crippen LogP contribution in [0.25, 0.3) is 0 Å². The second kappa shape index (κ2) is 4.78. The highest BCUT2D eigenvalue weighted by molar-refractivity contribution is 5.56. The van der Waals surface area contributed by atoms with Crippen molar-refractivity contribution in [3.63, 3.8) is 0 Å². The van der Waals surface area contributed by atoms with E-state index in [9.17, 15) is 4.79 Å². The molecule has 0 aromatic rings. The van der Waals surface area contributed by atoms with Crippen molar-refractivity contribution in [1.29, 1.82) is 0 Å². The molecule has 0 aromatic carbocycles.